The number of amidine groups is 2. The third-order valence-electron chi connectivity index (χ3n) is 10.6. The predicted octanol–water partition coefficient (Wildman–Crippen LogP) is 4.08. The van der Waals surface area contributed by atoms with E-state index in [4.69, 9.17) is 25.0 Å². The molecule has 2 atom stereocenters. The first kappa shape index (κ1) is 48.5. The molecule has 3 aliphatic heterocycles. The number of rotatable bonds is 15. The lowest BCUT2D eigenvalue weighted by Gasteiger charge is -2.35. The lowest BCUT2D eigenvalue weighted by molar-refractivity contribution is -0.143. The lowest BCUT2D eigenvalue weighted by Crippen LogP contribution is -2.49. The number of hydrogen-bond donors (Lipinski definition) is 4. The van der Waals surface area contributed by atoms with Gasteiger partial charge in [0.25, 0.3) is 21.9 Å². The molecule has 4 aromatic carbocycles. The van der Waals surface area contributed by atoms with Gasteiger partial charge in [-0.2, -0.15) is 8.42 Å². The first-order chi connectivity index (χ1) is 31.6. The number of nitrogens with one attached hydrogen (secondary N) is 4. The van der Waals surface area contributed by atoms with Crippen LogP contribution in [0.1, 0.15) is 45.2 Å². The van der Waals surface area contributed by atoms with E-state index in [-0.39, 0.29) is 42.8 Å². The Labute approximate surface area is 382 Å². The number of amides is 4. The van der Waals surface area contributed by atoms with Crippen LogP contribution >= 0.6 is 0 Å². The molecule has 20 heteroatoms. The monoisotopic (exact) mass is 924 g/mol. The molecule has 3 saturated heterocycles. The predicted molar refractivity (Wildman–Crippen MR) is 245 cm³/mol. The van der Waals surface area contributed by atoms with Crippen LogP contribution < -0.4 is 20.4 Å². The second-order valence-electron chi connectivity index (χ2n) is 15.4. The molecule has 19 nitrogen and oxygen atoms in total. The van der Waals surface area contributed by atoms with Gasteiger partial charge in [-0.3, -0.25) is 44.1 Å². The number of nitrogens with zero attached hydrogens (tertiary/aromatic N) is 4. The average molecular weight is 925 g/mol. The fourth-order valence-corrected chi connectivity index (χ4v) is 7.52. The van der Waals surface area contributed by atoms with Crippen LogP contribution in [0.4, 0.5) is 21.0 Å². The van der Waals surface area contributed by atoms with Crippen LogP contribution in [0.2, 0.25) is 0 Å². The Balaban J connectivity index is 0.000000225. The van der Waals surface area contributed by atoms with Crippen molar-refractivity contribution in [2.45, 2.75) is 25.6 Å². The van der Waals surface area contributed by atoms with E-state index in [1.165, 1.54) is 4.90 Å². The van der Waals surface area contributed by atoms with Gasteiger partial charge >= 0.3 is 18.2 Å². The summed E-state index contributed by atoms with van der Waals surface area (Å²) in [6, 6.07) is 30.6. The third-order valence-corrected chi connectivity index (χ3v) is 11.1. The van der Waals surface area contributed by atoms with Crippen molar-refractivity contribution < 1.29 is 50.8 Å². The summed E-state index contributed by atoms with van der Waals surface area (Å²) in [5.74, 6) is -0.987. The second kappa shape index (κ2) is 22.8. The van der Waals surface area contributed by atoms with Gasteiger partial charge in [-0.25, -0.2) is 9.59 Å². The highest BCUT2D eigenvalue weighted by Crippen LogP contribution is 2.24. The minimum atomic E-state index is -3.62. The zero-order valence-electron chi connectivity index (χ0n) is 36.5. The quantitative estimate of drug-likeness (QED) is 0.0433. The maximum atomic E-state index is 12.5. The topological polar surface area (TPSA) is 241 Å². The minimum absolute atomic E-state index is 0.0105. The van der Waals surface area contributed by atoms with Crippen molar-refractivity contribution in [2.75, 3.05) is 81.6 Å². The maximum Gasteiger partial charge on any atom is 0.414 e. The van der Waals surface area contributed by atoms with Gasteiger partial charge < -0.3 is 29.7 Å². The molecular weight excluding hydrogens is 873 g/mol. The molecule has 7 rings (SSSR count). The fourth-order valence-electron chi connectivity index (χ4n) is 7.12. The van der Waals surface area contributed by atoms with Gasteiger partial charge in [-0.15, -0.1) is 0 Å². The summed E-state index contributed by atoms with van der Waals surface area (Å²) >= 11 is 0. The molecule has 348 valence electrons. The van der Waals surface area contributed by atoms with Crippen molar-refractivity contribution in [3.8, 4) is 0 Å². The van der Waals surface area contributed by atoms with E-state index in [9.17, 15) is 32.4 Å². The number of piperazine rings is 1. The highest BCUT2D eigenvalue weighted by atomic mass is 32.2. The van der Waals surface area contributed by atoms with Gasteiger partial charge in [0, 0.05) is 72.9 Å². The fraction of sp³-hybridized carbons (Fsp3) is 0.326. The molecule has 4 N–H and O–H groups in total. The zero-order chi connectivity index (χ0) is 47.2. The van der Waals surface area contributed by atoms with Crippen molar-refractivity contribution in [2.24, 2.45) is 0 Å². The van der Waals surface area contributed by atoms with E-state index in [0.717, 1.165) is 32.4 Å². The van der Waals surface area contributed by atoms with Gasteiger partial charge in [-0.05, 0) is 79.7 Å². The van der Waals surface area contributed by atoms with Crippen molar-refractivity contribution >= 4 is 63.1 Å². The summed E-state index contributed by atoms with van der Waals surface area (Å²) in [7, 11) is -3.62. The standard InChI is InChI=1S/C27H33N5O5.C19H19N3O6S/c1-2-36-24(33)12-13-30-14-16-31(17-15-30)18-23-19-32(27(35)37-23)22-10-8-20(9-11-22)25(28)29-26(34)21-6-4-3-5-7-21;1-29(25,26)27-12-16-11-22(19(24)28-16)15-9-7-13(8-10-15)17(20)21-18(23)14-5-3-2-4-6-14/h3-11,23H,2,12-19H2,1H3,(H2,28,29,34);2-10,16H,11-12H2,1H3,(H2,20,21,23)/t23-;16-/m11/s1. The van der Waals surface area contributed by atoms with E-state index >= 15 is 0 Å². The van der Waals surface area contributed by atoms with Crippen LogP contribution in [0.15, 0.2) is 109 Å². The number of cyclic esters (lactones) is 2. The van der Waals surface area contributed by atoms with Crippen LogP contribution in [-0.2, 0) is 33.3 Å². The molecule has 4 aromatic rings. The zero-order valence-corrected chi connectivity index (χ0v) is 37.3. The molecule has 0 bridgehead atoms. The Morgan fingerprint density at radius 1 is 0.652 bits per heavy atom. The van der Waals surface area contributed by atoms with Crippen molar-refractivity contribution in [1.29, 1.82) is 10.8 Å². The summed E-state index contributed by atoms with van der Waals surface area (Å²) in [5.41, 5.74) is 3.12. The van der Waals surface area contributed by atoms with E-state index in [2.05, 4.69) is 24.6 Å². The molecule has 3 aliphatic rings. The number of benzene rings is 4. The highest BCUT2D eigenvalue weighted by Gasteiger charge is 2.35. The summed E-state index contributed by atoms with van der Waals surface area (Å²) in [6.45, 7) is 7.31. The SMILES string of the molecule is CCOC(=O)CCN1CCN(C[C@@H]2CN(c3ccc(C(=N)NC(=O)c4ccccc4)cc3)C(=O)O2)CC1.CS(=O)(=O)OC[C@H]1CN(c2ccc(C(=N)NC(=O)c3ccccc3)cc2)C(=O)O1. The first-order valence-electron chi connectivity index (χ1n) is 21.2. The van der Waals surface area contributed by atoms with Crippen molar-refractivity contribution in [3.63, 3.8) is 0 Å². The lowest BCUT2D eigenvalue weighted by atomic mass is 10.1. The van der Waals surface area contributed by atoms with E-state index < -0.39 is 34.3 Å². The van der Waals surface area contributed by atoms with Crippen LogP contribution in [0.3, 0.4) is 0 Å². The number of ether oxygens (including phenoxy) is 3. The van der Waals surface area contributed by atoms with Crippen LogP contribution in [-0.4, -0.2) is 144 Å². The van der Waals surface area contributed by atoms with Crippen LogP contribution in [0.5, 0.6) is 0 Å². The number of carbonyl (C=O) groups is 5. The molecule has 0 aliphatic carbocycles. The normalized spacial score (nSPS) is 17.5. The van der Waals surface area contributed by atoms with Gasteiger partial charge in [0.15, 0.2) is 0 Å². The number of esters is 1. The molecule has 0 saturated carbocycles. The van der Waals surface area contributed by atoms with Crippen LogP contribution in [0, 0.1) is 10.8 Å². The molecule has 0 unspecified atom stereocenters. The molecule has 4 amide bonds. The Kier molecular flexibility index (Phi) is 16.7. The summed E-state index contributed by atoms with van der Waals surface area (Å²) in [6.07, 6.45) is -0.625. The number of hydrogen-bond acceptors (Lipinski definition) is 15. The van der Waals surface area contributed by atoms with Gasteiger partial charge in [0.2, 0.25) is 0 Å². The largest absolute Gasteiger partial charge is 0.466 e. The Bertz CT molecular complexity index is 2470. The Morgan fingerprint density at radius 2 is 1.09 bits per heavy atom. The van der Waals surface area contributed by atoms with E-state index in [0.29, 0.717) is 66.3 Å². The van der Waals surface area contributed by atoms with Gasteiger partial charge in [-0.1, -0.05) is 36.4 Å². The number of carbonyl (C=O) groups excluding carboxylic acids is 5. The van der Waals surface area contributed by atoms with Gasteiger partial charge in [0.1, 0.15) is 30.5 Å². The number of anilines is 2. The summed E-state index contributed by atoms with van der Waals surface area (Å²) in [4.78, 5) is 68.0. The smallest absolute Gasteiger partial charge is 0.414 e. The molecule has 0 spiro atoms. The van der Waals surface area contributed by atoms with Crippen molar-refractivity contribution in [3.05, 3.63) is 131 Å². The summed E-state index contributed by atoms with van der Waals surface area (Å²) in [5, 5.41) is 21.4. The summed E-state index contributed by atoms with van der Waals surface area (Å²) < 4.78 is 42.5. The molecule has 0 radical (unpaired) electrons. The highest BCUT2D eigenvalue weighted by molar-refractivity contribution is 7.86. The molecule has 66 heavy (non-hydrogen) atoms. The maximum absolute atomic E-state index is 12.5. The molecular formula is C46H52N8O11S. The van der Waals surface area contributed by atoms with E-state index in [1.54, 1.807) is 108 Å². The van der Waals surface area contributed by atoms with Gasteiger partial charge in [0.05, 0.1) is 32.4 Å². The second-order valence-corrected chi connectivity index (χ2v) is 17.0. The van der Waals surface area contributed by atoms with E-state index in [1.807, 2.05) is 13.0 Å². The minimum Gasteiger partial charge on any atom is -0.466 e. The van der Waals surface area contributed by atoms with Crippen molar-refractivity contribution in [1.82, 2.24) is 20.4 Å². The third kappa shape index (κ3) is 14.0. The first-order valence-corrected chi connectivity index (χ1v) is 23.0. The molecule has 0 aromatic heterocycles. The average Bonchev–Trinajstić information content (AvgIpc) is 3.89. The van der Waals surface area contributed by atoms with Crippen LogP contribution in [0.25, 0.3) is 0 Å². The Hall–Kier alpha value is -7.00. The molecule has 3 fully saturated rings. The Morgan fingerprint density at radius 3 is 1.55 bits per heavy atom. The molecule has 3 heterocycles.